The van der Waals surface area contributed by atoms with E-state index in [1.807, 2.05) is 55.5 Å². The van der Waals surface area contributed by atoms with Crippen molar-refractivity contribution >= 4 is 17.6 Å². The summed E-state index contributed by atoms with van der Waals surface area (Å²) >= 11 is 0. The van der Waals surface area contributed by atoms with Gasteiger partial charge in [-0.1, -0.05) is 41.6 Å². The van der Waals surface area contributed by atoms with Crippen LogP contribution in [-0.2, 0) is 4.79 Å². The standard InChI is InChI=1S/C30H33N3O4/c1-19-5-3-4-6-26(19)27(18-28(33-37)24-15-16-31-20(2)17-24)21-7-9-22(10-8-21)29(34)32-25-13-11-23(12-14-25)30(35)36/h3-10,15-17,23,25,27,37H,11-14,18H2,1-2H3,(H,32,34)(H,35,36)/t23?,25?,27-/m1/s1. The molecule has 0 spiro atoms. The Labute approximate surface area is 217 Å². The molecule has 7 nitrogen and oxygen atoms in total. The third kappa shape index (κ3) is 6.42. The summed E-state index contributed by atoms with van der Waals surface area (Å²) in [5.74, 6) is -1.29. The summed E-state index contributed by atoms with van der Waals surface area (Å²) < 4.78 is 0. The van der Waals surface area contributed by atoms with Crippen LogP contribution in [0.3, 0.4) is 0 Å². The number of aliphatic carboxylic acids is 1. The number of carbonyl (C=O) groups is 2. The number of carboxylic acids is 1. The predicted octanol–water partition coefficient (Wildman–Crippen LogP) is 5.47. The van der Waals surface area contributed by atoms with Crippen molar-refractivity contribution in [3.8, 4) is 0 Å². The van der Waals surface area contributed by atoms with Crippen LogP contribution in [0.4, 0.5) is 0 Å². The highest BCUT2D eigenvalue weighted by Crippen LogP contribution is 2.32. The van der Waals surface area contributed by atoms with Crippen molar-refractivity contribution in [3.05, 3.63) is 100 Å². The molecule has 37 heavy (non-hydrogen) atoms. The smallest absolute Gasteiger partial charge is 0.306 e. The summed E-state index contributed by atoms with van der Waals surface area (Å²) in [6.45, 7) is 3.97. The average Bonchev–Trinajstić information content (AvgIpc) is 2.90. The molecule has 0 aliphatic heterocycles. The van der Waals surface area contributed by atoms with Crippen molar-refractivity contribution in [1.82, 2.24) is 10.3 Å². The third-order valence-electron chi connectivity index (χ3n) is 7.30. The van der Waals surface area contributed by atoms with Crippen molar-refractivity contribution in [2.45, 2.75) is 57.9 Å². The lowest BCUT2D eigenvalue weighted by atomic mass is 9.83. The van der Waals surface area contributed by atoms with Crippen molar-refractivity contribution in [3.63, 3.8) is 0 Å². The van der Waals surface area contributed by atoms with Gasteiger partial charge in [-0.2, -0.15) is 0 Å². The van der Waals surface area contributed by atoms with Gasteiger partial charge in [0.15, 0.2) is 0 Å². The van der Waals surface area contributed by atoms with Crippen LogP contribution >= 0.6 is 0 Å². The number of nitrogens with zero attached hydrogens (tertiary/aromatic N) is 2. The molecular formula is C30H33N3O4. The van der Waals surface area contributed by atoms with Crippen LogP contribution in [0.15, 0.2) is 72.0 Å². The monoisotopic (exact) mass is 499 g/mol. The van der Waals surface area contributed by atoms with Crippen LogP contribution in [0.25, 0.3) is 0 Å². The van der Waals surface area contributed by atoms with Gasteiger partial charge in [0.2, 0.25) is 0 Å². The van der Waals surface area contributed by atoms with E-state index in [-0.39, 0.29) is 23.8 Å². The Morgan fingerprint density at radius 1 is 1.00 bits per heavy atom. The second kappa shape index (κ2) is 11.8. The first-order valence-corrected chi connectivity index (χ1v) is 12.7. The average molecular weight is 500 g/mol. The lowest BCUT2D eigenvalue weighted by Crippen LogP contribution is -2.38. The van der Waals surface area contributed by atoms with E-state index >= 15 is 0 Å². The van der Waals surface area contributed by atoms with Crippen LogP contribution in [-0.4, -0.2) is 38.9 Å². The third-order valence-corrected chi connectivity index (χ3v) is 7.30. The first-order valence-electron chi connectivity index (χ1n) is 12.7. The summed E-state index contributed by atoms with van der Waals surface area (Å²) in [7, 11) is 0. The zero-order valence-corrected chi connectivity index (χ0v) is 21.2. The molecule has 1 fully saturated rings. The van der Waals surface area contributed by atoms with E-state index < -0.39 is 5.97 Å². The molecule has 3 aromatic rings. The predicted molar refractivity (Wildman–Crippen MR) is 142 cm³/mol. The van der Waals surface area contributed by atoms with Crippen LogP contribution in [0, 0.1) is 19.8 Å². The second-order valence-corrected chi connectivity index (χ2v) is 9.83. The van der Waals surface area contributed by atoms with Crippen molar-refractivity contribution in [2.75, 3.05) is 0 Å². The van der Waals surface area contributed by atoms with E-state index in [1.54, 1.807) is 6.20 Å². The Hall–Kier alpha value is -4.00. The van der Waals surface area contributed by atoms with Gasteiger partial charge in [0.25, 0.3) is 5.91 Å². The van der Waals surface area contributed by atoms with Gasteiger partial charge < -0.3 is 15.6 Å². The molecule has 0 radical (unpaired) electrons. The molecule has 0 saturated heterocycles. The van der Waals surface area contributed by atoms with Gasteiger partial charge in [-0.15, -0.1) is 0 Å². The number of pyridine rings is 1. The fraction of sp³-hybridized carbons (Fsp3) is 0.333. The molecule has 1 saturated carbocycles. The number of rotatable bonds is 8. The molecule has 3 N–H and O–H groups in total. The summed E-state index contributed by atoms with van der Waals surface area (Å²) in [6.07, 6.45) is 4.71. The number of oxime groups is 1. The minimum absolute atomic E-state index is 0.00497. The molecule has 0 bridgehead atoms. The van der Waals surface area contributed by atoms with Crippen LogP contribution < -0.4 is 5.32 Å². The number of hydrogen-bond donors (Lipinski definition) is 3. The lowest BCUT2D eigenvalue weighted by molar-refractivity contribution is -0.142. The van der Waals surface area contributed by atoms with Crippen LogP contribution in [0.5, 0.6) is 0 Å². The molecule has 192 valence electrons. The summed E-state index contributed by atoms with van der Waals surface area (Å²) in [4.78, 5) is 28.3. The van der Waals surface area contributed by atoms with Gasteiger partial charge >= 0.3 is 5.97 Å². The first kappa shape index (κ1) is 26.1. The maximum absolute atomic E-state index is 12.9. The molecule has 2 aromatic carbocycles. The number of aromatic nitrogens is 1. The molecule has 1 amide bonds. The highest BCUT2D eigenvalue weighted by molar-refractivity contribution is 6.01. The quantitative estimate of drug-likeness (QED) is 0.216. The zero-order valence-electron chi connectivity index (χ0n) is 21.2. The molecule has 1 atom stereocenters. The number of amides is 1. The van der Waals surface area contributed by atoms with Crippen molar-refractivity contribution < 1.29 is 19.9 Å². The van der Waals surface area contributed by atoms with E-state index in [0.717, 1.165) is 27.9 Å². The van der Waals surface area contributed by atoms with Gasteiger partial charge in [-0.05, 0) is 80.5 Å². The Kier molecular flexibility index (Phi) is 8.33. The Balaban J connectivity index is 1.54. The second-order valence-electron chi connectivity index (χ2n) is 9.83. The van der Waals surface area contributed by atoms with E-state index in [0.29, 0.717) is 43.4 Å². The maximum Gasteiger partial charge on any atom is 0.306 e. The van der Waals surface area contributed by atoms with Gasteiger partial charge in [-0.3, -0.25) is 14.6 Å². The number of carbonyl (C=O) groups excluding carboxylic acids is 1. The number of benzene rings is 2. The summed E-state index contributed by atoms with van der Waals surface area (Å²) in [5, 5.41) is 25.8. The number of carboxylic acid groups (broad SMARTS) is 1. The lowest BCUT2D eigenvalue weighted by Gasteiger charge is -2.27. The number of hydrogen-bond acceptors (Lipinski definition) is 5. The van der Waals surface area contributed by atoms with Gasteiger partial charge in [-0.25, -0.2) is 0 Å². The van der Waals surface area contributed by atoms with E-state index in [1.165, 1.54) is 0 Å². The van der Waals surface area contributed by atoms with Crippen molar-refractivity contribution in [2.24, 2.45) is 11.1 Å². The fourth-order valence-electron chi connectivity index (χ4n) is 5.14. The zero-order chi connectivity index (χ0) is 26.4. The highest BCUT2D eigenvalue weighted by Gasteiger charge is 2.27. The normalized spacial score (nSPS) is 18.7. The van der Waals surface area contributed by atoms with Gasteiger partial charge in [0, 0.05) is 41.4 Å². The molecule has 7 heteroatoms. The minimum atomic E-state index is -0.753. The first-order chi connectivity index (χ1) is 17.9. The molecule has 1 aromatic heterocycles. The molecule has 1 aliphatic rings. The minimum Gasteiger partial charge on any atom is -0.481 e. The van der Waals surface area contributed by atoms with Gasteiger partial charge in [0.1, 0.15) is 0 Å². The topological polar surface area (TPSA) is 112 Å². The van der Waals surface area contributed by atoms with E-state index in [2.05, 4.69) is 34.5 Å². The van der Waals surface area contributed by atoms with Crippen LogP contribution in [0.2, 0.25) is 0 Å². The Morgan fingerprint density at radius 3 is 2.32 bits per heavy atom. The van der Waals surface area contributed by atoms with E-state index in [9.17, 15) is 19.9 Å². The van der Waals surface area contributed by atoms with Gasteiger partial charge in [0.05, 0.1) is 11.6 Å². The fourth-order valence-corrected chi connectivity index (χ4v) is 5.14. The van der Waals surface area contributed by atoms with E-state index in [4.69, 9.17) is 0 Å². The molecule has 0 unspecified atom stereocenters. The Morgan fingerprint density at radius 2 is 1.70 bits per heavy atom. The van der Waals surface area contributed by atoms with Crippen molar-refractivity contribution in [1.29, 1.82) is 0 Å². The molecular weight excluding hydrogens is 466 g/mol. The highest BCUT2D eigenvalue weighted by atomic mass is 16.4. The molecule has 1 heterocycles. The number of aryl methyl sites for hydroxylation is 2. The largest absolute Gasteiger partial charge is 0.481 e. The SMILES string of the molecule is Cc1cc(C(C[C@H](c2ccc(C(=O)NC3CCC(C(=O)O)CC3)cc2)c2ccccc2C)=NO)ccn1. The molecule has 1 aliphatic carbocycles. The maximum atomic E-state index is 12.9. The molecule has 4 rings (SSSR count). The number of nitrogens with one attached hydrogen (secondary N) is 1. The summed E-state index contributed by atoms with van der Waals surface area (Å²) in [5.41, 5.74) is 6.07. The Bertz CT molecular complexity index is 1280. The van der Waals surface area contributed by atoms with Crippen LogP contribution in [0.1, 0.15) is 76.3 Å². The summed E-state index contributed by atoms with van der Waals surface area (Å²) in [6, 6.07) is 19.5.